The zero-order valence-corrected chi connectivity index (χ0v) is 13.8. The van der Waals surface area contributed by atoms with Gasteiger partial charge in [-0.15, -0.1) is 0 Å². The van der Waals surface area contributed by atoms with Crippen LogP contribution in [0, 0.1) is 17.5 Å². The predicted octanol–water partition coefficient (Wildman–Crippen LogP) is 5.15. The van der Waals surface area contributed by atoms with E-state index in [0.717, 1.165) is 18.2 Å². The zero-order chi connectivity index (χ0) is 18.7. The summed E-state index contributed by atoms with van der Waals surface area (Å²) >= 11 is 5.68. The number of aromatic nitrogens is 1. The standard InChI is InChI=1S/C18H11ClF3N3O/c19-14-6-11(1-3-15(14)20)25-18(26)10-5-13(9-23-8-10)24-12-2-4-16(21)17(22)7-12/h1-9,24H,(H,25,26). The lowest BCUT2D eigenvalue weighted by Crippen LogP contribution is -2.12. The van der Waals surface area contributed by atoms with Crippen molar-refractivity contribution in [3.05, 3.63) is 82.9 Å². The van der Waals surface area contributed by atoms with Gasteiger partial charge in [0.25, 0.3) is 5.91 Å². The molecule has 0 radical (unpaired) electrons. The van der Waals surface area contributed by atoms with E-state index in [1.807, 2.05) is 0 Å². The number of pyridine rings is 1. The minimum absolute atomic E-state index is 0.116. The molecule has 4 nitrogen and oxygen atoms in total. The molecule has 2 aromatic carbocycles. The lowest BCUT2D eigenvalue weighted by Gasteiger charge is -2.09. The fourth-order valence-corrected chi connectivity index (χ4v) is 2.33. The highest BCUT2D eigenvalue weighted by atomic mass is 35.5. The van der Waals surface area contributed by atoms with Crippen LogP contribution in [0.2, 0.25) is 5.02 Å². The number of benzene rings is 2. The van der Waals surface area contributed by atoms with Crippen molar-refractivity contribution in [1.29, 1.82) is 0 Å². The topological polar surface area (TPSA) is 54.0 Å². The van der Waals surface area contributed by atoms with E-state index in [9.17, 15) is 18.0 Å². The molecule has 0 spiro atoms. The summed E-state index contributed by atoms with van der Waals surface area (Å²) in [7, 11) is 0. The number of nitrogens with zero attached hydrogens (tertiary/aromatic N) is 1. The number of hydrogen-bond donors (Lipinski definition) is 2. The van der Waals surface area contributed by atoms with Crippen LogP contribution in [-0.4, -0.2) is 10.9 Å². The third-order valence-electron chi connectivity index (χ3n) is 3.39. The van der Waals surface area contributed by atoms with Gasteiger partial charge in [-0.1, -0.05) is 11.6 Å². The molecule has 3 rings (SSSR count). The second-order valence-electron chi connectivity index (χ2n) is 5.30. The molecule has 132 valence electrons. The number of carbonyl (C=O) groups is 1. The minimum atomic E-state index is -0.995. The Balaban J connectivity index is 1.76. The van der Waals surface area contributed by atoms with Crippen molar-refractivity contribution in [3.63, 3.8) is 0 Å². The van der Waals surface area contributed by atoms with Crippen molar-refractivity contribution >= 4 is 34.6 Å². The zero-order valence-electron chi connectivity index (χ0n) is 13.1. The van der Waals surface area contributed by atoms with Gasteiger partial charge in [-0.25, -0.2) is 13.2 Å². The van der Waals surface area contributed by atoms with Crippen molar-refractivity contribution in [2.75, 3.05) is 10.6 Å². The molecule has 0 bridgehead atoms. The molecular weight excluding hydrogens is 367 g/mol. The molecule has 26 heavy (non-hydrogen) atoms. The minimum Gasteiger partial charge on any atom is -0.354 e. The smallest absolute Gasteiger partial charge is 0.257 e. The fourth-order valence-electron chi connectivity index (χ4n) is 2.15. The Morgan fingerprint density at radius 3 is 2.31 bits per heavy atom. The summed E-state index contributed by atoms with van der Waals surface area (Å²) in [6, 6.07) is 8.60. The molecule has 0 fully saturated rings. The summed E-state index contributed by atoms with van der Waals surface area (Å²) in [5, 5.41) is 5.28. The molecule has 0 saturated heterocycles. The van der Waals surface area contributed by atoms with Crippen LogP contribution in [0.5, 0.6) is 0 Å². The van der Waals surface area contributed by atoms with Crippen LogP contribution in [0.25, 0.3) is 0 Å². The van der Waals surface area contributed by atoms with Gasteiger partial charge in [0.05, 0.1) is 22.5 Å². The molecule has 8 heteroatoms. The highest BCUT2D eigenvalue weighted by molar-refractivity contribution is 6.31. The first-order valence-corrected chi connectivity index (χ1v) is 7.74. The maximum atomic E-state index is 13.3. The molecule has 0 aliphatic rings. The third-order valence-corrected chi connectivity index (χ3v) is 3.68. The van der Waals surface area contributed by atoms with Crippen LogP contribution in [-0.2, 0) is 0 Å². The monoisotopic (exact) mass is 377 g/mol. The first kappa shape index (κ1) is 17.8. The maximum absolute atomic E-state index is 13.3. The van der Waals surface area contributed by atoms with Gasteiger partial charge in [0, 0.05) is 23.6 Å². The van der Waals surface area contributed by atoms with Crippen LogP contribution < -0.4 is 10.6 Å². The van der Waals surface area contributed by atoms with Crippen molar-refractivity contribution in [2.45, 2.75) is 0 Å². The molecular formula is C18H11ClF3N3O. The molecule has 3 aromatic rings. The van der Waals surface area contributed by atoms with E-state index in [1.54, 1.807) is 0 Å². The molecule has 0 saturated carbocycles. The van der Waals surface area contributed by atoms with Crippen molar-refractivity contribution in [1.82, 2.24) is 4.98 Å². The van der Waals surface area contributed by atoms with Gasteiger partial charge in [0.2, 0.25) is 0 Å². The van der Waals surface area contributed by atoms with E-state index < -0.39 is 23.4 Å². The van der Waals surface area contributed by atoms with Gasteiger partial charge in [-0.05, 0) is 36.4 Å². The molecule has 0 atom stereocenters. The van der Waals surface area contributed by atoms with Gasteiger partial charge in [-0.2, -0.15) is 0 Å². The molecule has 0 aliphatic heterocycles. The van der Waals surface area contributed by atoms with Crippen LogP contribution >= 0.6 is 11.6 Å². The number of carbonyl (C=O) groups excluding carboxylic acids is 1. The first-order chi connectivity index (χ1) is 12.4. The highest BCUT2D eigenvalue weighted by Gasteiger charge is 2.10. The summed E-state index contributed by atoms with van der Waals surface area (Å²) in [6.45, 7) is 0. The second kappa shape index (κ2) is 7.45. The van der Waals surface area contributed by atoms with Crippen molar-refractivity contribution in [2.24, 2.45) is 0 Å². The Morgan fingerprint density at radius 2 is 1.58 bits per heavy atom. The van der Waals surface area contributed by atoms with Crippen LogP contribution in [0.15, 0.2) is 54.9 Å². The highest BCUT2D eigenvalue weighted by Crippen LogP contribution is 2.21. The average molecular weight is 378 g/mol. The predicted molar refractivity (Wildman–Crippen MR) is 93.2 cm³/mol. The summed E-state index contributed by atoms with van der Waals surface area (Å²) < 4.78 is 39.4. The molecule has 0 unspecified atom stereocenters. The third kappa shape index (κ3) is 4.12. The molecule has 1 aromatic heterocycles. The summed E-state index contributed by atoms with van der Waals surface area (Å²) in [5.41, 5.74) is 1.23. The Bertz CT molecular complexity index is 982. The number of amides is 1. The SMILES string of the molecule is O=C(Nc1ccc(F)c(Cl)c1)c1cncc(Nc2ccc(F)c(F)c2)c1. The molecule has 0 aliphatic carbocycles. The lowest BCUT2D eigenvalue weighted by molar-refractivity contribution is 0.102. The van der Waals surface area contributed by atoms with E-state index in [-0.39, 0.29) is 10.6 Å². The summed E-state index contributed by atoms with van der Waals surface area (Å²) in [4.78, 5) is 16.2. The summed E-state index contributed by atoms with van der Waals surface area (Å²) in [5.74, 6) is -3.04. The number of hydrogen-bond acceptors (Lipinski definition) is 3. The number of anilines is 3. The van der Waals surface area contributed by atoms with E-state index in [0.29, 0.717) is 17.1 Å². The van der Waals surface area contributed by atoms with Crippen LogP contribution in [0.1, 0.15) is 10.4 Å². The largest absolute Gasteiger partial charge is 0.354 e. The van der Waals surface area contributed by atoms with Crippen molar-refractivity contribution < 1.29 is 18.0 Å². The number of halogens is 4. The van der Waals surface area contributed by atoms with Crippen molar-refractivity contribution in [3.8, 4) is 0 Å². The van der Waals surface area contributed by atoms with Crippen LogP contribution in [0.4, 0.5) is 30.2 Å². The van der Waals surface area contributed by atoms with E-state index in [1.165, 1.54) is 36.7 Å². The van der Waals surface area contributed by atoms with E-state index in [2.05, 4.69) is 15.6 Å². The van der Waals surface area contributed by atoms with Gasteiger partial charge < -0.3 is 10.6 Å². The maximum Gasteiger partial charge on any atom is 0.257 e. The van der Waals surface area contributed by atoms with Gasteiger partial charge in [0.1, 0.15) is 5.82 Å². The van der Waals surface area contributed by atoms with Gasteiger partial charge in [0.15, 0.2) is 11.6 Å². The normalized spacial score (nSPS) is 10.5. The molecule has 2 N–H and O–H groups in total. The van der Waals surface area contributed by atoms with Gasteiger partial charge in [-0.3, -0.25) is 9.78 Å². The number of nitrogens with one attached hydrogen (secondary N) is 2. The molecule has 1 amide bonds. The second-order valence-corrected chi connectivity index (χ2v) is 5.71. The average Bonchev–Trinajstić information content (AvgIpc) is 2.61. The molecule has 1 heterocycles. The Hall–Kier alpha value is -3.06. The fraction of sp³-hybridized carbons (Fsp3) is 0. The number of rotatable bonds is 4. The Labute approximate surface area is 151 Å². The lowest BCUT2D eigenvalue weighted by atomic mass is 10.2. The quantitative estimate of drug-likeness (QED) is 0.661. The van der Waals surface area contributed by atoms with E-state index in [4.69, 9.17) is 11.6 Å². The van der Waals surface area contributed by atoms with Crippen LogP contribution in [0.3, 0.4) is 0 Å². The first-order valence-electron chi connectivity index (χ1n) is 7.36. The van der Waals surface area contributed by atoms with E-state index >= 15 is 0 Å². The van der Waals surface area contributed by atoms with Gasteiger partial charge >= 0.3 is 0 Å². The summed E-state index contributed by atoms with van der Waals surface area (Å²) in [6.07, 6.45) is 2.75. The Kier molecular flexibility index (Phi) is 5.09. The Morgan fingerprint density at radius 1 is 0.846 bits per heavy atom.